The molecule has 0 spiro atoms. The summed E-state index contributed by atoms with van der Waals surface area (Å²) in [6.45, 7) is 4.31. The maximum Gasteiger partial charge on any atom is 0.263 e. The highest BCUT2D eigenvalue weighted by Crippen LogP contribution is 2.32. The number of hydrogen-bond donors (Lipinski definition) is 1. The molecule has 1 aliphatic carbocycles. The Labute approximate surface area is 126 Å². The van der Waals surface area contributed by atoms with Gasteiger partial charge in [-0.3, -0.25) is 4.79 Å². The van der Waals surface area contributed by atoms with Crippen LogP contribution in [0.5, 0.6) is 5.75 Å². The smallest absolute Gasteiger partial charge is 0.263 e. The van der Waals surface area contributed by atoms with Crippen LogP contribution in [0.1, 0.15) is 31.7 Å². The molecule has 1 aromatic rings. The van der Waals surface area contributed by atoms with Gasteiger partial charge in [0.2, 0.25) is 0 Å². The van der Waals surface area contributed by atoms with Crippen LogP contribution in [0, 0.1) is 12.8 Å². The quantitative estimate of drug-likeness (QED) is 0.839. The largest absolute Gasteiger partial charge is 0.481 e. The minimum atomic E-state index is -0.497. The van der Waals surface area contributed by atoms with E-state index in [2.05, 4.69) is 0 Å². The minimum absolute atomic E-state index is 0.0706. The number of aryl methyl sites for hydroxylation is 1. The third-order valence-corrected chi connectivity index (χ3v) is 3.92. The molecule has 1 aromatic carbocycles. The number of aliphatic hydroxyl groups is 1. The van der Waals surface area contributed by atoms with Crippen molar-refractivity contribution in [2.45, 2.75) is 45.3 Å². The van der Waals surface area contributed by atoms with Crippen molar-refractivity contribution in [3.63, 3.8) is 0 Å². The number of benzene rings is 1. The van der Waals surface area contributed by atoms with Gasteiger partial charge in [-0.05, 0) is 49.8 Å². The molecule has 0 aromatic heterocycles. The van der Waals surface area contributed by atoms with E-state index in [9.17, 15) is 9.90 Å². The van der Waals surface area contributed by atoms with E-state index in [0.29, 0.717) is 24.6 Å². The molecule has 0 radical (unpaired) electrons. The third-order valence-electron chi connectivity index (χ3n) is 3.92. The number of rotatable bonds is 7. The van der Waals surface area contributed by atoms with Gasteiger partial charge in [-0.15, -0.1) is 0 Å². The van der Waals surface area contributed by atoms with E-state index in [0.717, 1.165) is 18.4 Å². The first kappa shape index (κ1) is 15.8. The number of likely N-dealkylation sites (N-methyl/N-ethyl adjacent to an activating group) is 1. The summed E-state index contributed by atoms with van der Waals surface area (Å²) in [5.41, 5.74) is 1.10. The zero-order valence-corrected chi connectivity index (χ0v) is 13.1. The molecule has 0 aliphatic heterocycles. The van der Waals surface area contributed by atoms with Crippen molar-refractivity contribution in [3.8, 4) is 5.75 Å². The maximum absolute atomic E-state index is 12.4. The first-order valence-electron chi connectivity index (χ1n) is 7.67. The van der Waals surface area contributed by atoms with Crippen LogP contribution in [-0.2, 0) is 4.79 Å². The van der Waals surface area contributed by atoms with Crippen molar-refractivity contribution in [1.82, 2.24) is 4.90 Å². The minimum Gasteiger partial charge on any atom is -0.481 e. The van der Waals surface area contributed by atoms with Gasteiger partial charge in [0, 0.05) is 13.6 Å². The van der Waals surface area contributed by atoms with Gasteiger partial charge in [-0.2, -0.15) is 0 Å². The number of hydrogen-bond acceptors (Lipinski definition) is 3. The molecule has 1 amide bonds. The molecule has 1 fully saturated rings. The standard InChI is InChI=1S/C17H25NO3/c1-4-16(21-14-7-5-6-12(2)10-14)17(20)18(3)11-15(19)13-8-9-13/h5-7,10,13,15-16,19H,4,8-9,11H2,1-3H3. The topological polar surface area (TPSA) is 49.8 Å². The number of carbonyl (C=O) groups excluding carboxylic acids is 1. The van der Waals surface area contributed by atoms with E-state index < -0.39 is 12.2 Å². The van der Waals surface area contributed by atoms with E-state index in [1.54, 1.807) is 11.9 Å². The van der Waals surface area contributed by atoms with Crippen LogP contribution in [0.25, 0.3) is 0 Å². The number of aliphatic hydroxyl groups excluding tert-OH is 1. The lowest BCUT2D eigenvalue weighted by Gasteiger charge is -2.25. The summed E-state index contributed by atoms with van der Waals surface area (Å²) in [6.07, 6.45) is 1.84. The molecule has 1 saturated carbocycles. The van der Waals surface area contributed by atoms with Crippen LogP contribution < -0.4 is 4.74 Å². The summed E-state index contributed by atoms with van der Waals surface area (Å²) < 4.78 is 5.81. The van der Waals surface area contributed by atoms with Crippen molar-refractivity contribution in [1.29, 1.82) is 0 Å². The van der Waals surface area contributed by atoms with Crippen molar-refractivity contribution in [3.05, 3.63) is 29.8 Å². The van der Waals surface area contributed by atoms with Gasteiger partial charge in [0.15, 0.2) is 6.10 Å². The summed E-state index contributed by atoms with van der Waals surface area (Å²) in [7, 11) is 1.73. The van der Waals surface area contributed by atoms with Crippen molar-refractivity contribution < 1.29 is 14.6 Å². The Balaban J connectivity index is 1.93. The Morgan fingerprint density at radius 1 is 1.48 bits per heavy atom. The number of nitrogens with zero attached hydrogens (tertiary/aromatic N) is 1. The third kappa shape index (κ3) is 4.46. The highest BCUT2D eigenvalue weighted by Gasteiger charge is 2.32. The fourth-order valence-corrected chi connectivity index (χ4v) is 2.41. The second-order valence-electron chi connectivity index (χ2n) is 5.95. The molecule has 1 N–H and O–H groups in total. The fraction of sp³-hybridized carbons (Fsp3) is 0.588. The lowest BCUT2D eigenvalue weighted by molar-refractivity contribution is -0.139. The summed E-state index contributed by atoms with van der Waals surface area (Å²) in [5.74, 6) is 1.02. The molecule has 4 heteroatoms. The van der Waals surface area contributed by atoms with Crippen LogP contribution in [0.2, 0.25) is 0 Å². The summed E-state index contributed by atoms with van der Waals surface area (Å²) >= 11 is 0. The lowest BCUT2D eigenvalue weighted by atomic mass is 10.2. The second-order valence-corrected chi connectivity index (χ2v) is 5.95. The Bertz CT molecular complexity index is 485. The van der Waals surface area contributed by atoms with Crippen LogP contribution in [0.3, 0.4) is 0 Å². The molecule has 0 heterocycles. The zero-order valence-electron chi connectivity index (χ0n) is 13.1. The van der Waals surface area contributed by atoms with Crippen molar-refractivity contribution in [2.75, 3.05) is 13.6 Å². The van der Waals surface area contributed by atoms with Crippen LogP contribution in [-0.4, -0.2) is 41.7 Å². The Kier molecular flexibility index (Phi) is 5.23. The van der Waals surface area contributed by atoms with Gasteiger partial charge >= 0.3 is 0 Å². The van der Waals surface area contributed by atoms with E-state index in [1.165, 1.54) is 0 Å². The number of ether oxygens (including phenoxy) is 1. The zero-order chi connectivity index (χ0) is 15.4. The van der Waals surface area contributed by atoms with Gasteiger partial charge in [-0.25, -0.2) is 0 Å². The van der Waals surface area contributed by atoms with E-state index in [4.69, 9.17) is 4.74 Å². The molecular weight excluding hydrogens is 266 g/mol. The van der Waals surface area contributed by atoms with Gasteiger partial charge in [0.25, 0.3) is 5.91 Å². The Morgan fingerprint density at radius 2 is 2.19 bits per heavy atom. The molecule has 4 nitrogen and oxygen atoms in total. The molecule has 2 rings (SSSR count). The second kappa shape index (κ2) is 6.94. The van der Waals surface area contributed by atoms with E-state index in [1.807, 2.05) is 38.1 Å². The van der Waals surface area contributed by atoms with Gasteiger partial charge in [0.1, 0.15) is 5.75 Å². The monoisotopic (exact) mass is 291 g/mol. The predicted octanol–water partition coefficient (Wildman–Crippen LogP) is 2.38. The SMILES string of the molecule is CCC(Oc1cccc(C)c1)C(=O)N(C)CC(O)C1CC1. The summed E-state index contributed by atoms with van der Waals surface area (Å²) in [5, 5.41) is 9.95. The first-order valence-corrected chi connectivity index (χ1v) is 7.67. The summed E-state index contributed by atoms with van der Waals surface area (Å²) in [4.78, 5) is 14.0. The number of carbonyl (C=O) groups is 1. The van der Waals surface area contributed by atoms with Crippen LogP contribution in [0.4, 0.5) is 0 Å². The van der Waals surface area contributed by atoms with Gasteiger partial charge < -0.3 is 14.7 Å². The van der Waals surface area contributed by atoms with Gasteiger partial charge in [0.05, 0.1) is 6.10 Å². The molecule has 0 bridgehead atoms. The number of amides is 1. The van der Waals surface area contributed by atoms with E-state index in [-0.39, 0.29) is 5.91 Å². The van der Waals surface area contributed by atoms with E-state index >= 15 is 0 Å². The summed E-state index contributed by atoms with van der Waals surface area (Å²) in [6, 6.07) is 7.70. The Hall–Kier alpha value is -1.55. The highest BCUT2D eigenvalue weighted by atomic mass is 16.5. The first-order chi connectivity index (χ1) is 10.0. The fourth-order valence-electron chi connectivity index (χ4n) is 2.41. The lowest BCUT2D eigenvalue weighted by Crippen LogP contribution is -2.43. The molecule has 2 unspecified atom stereocenters. The molecule has 21 heavy (non-hydrogen) atoms. The van der Waals surface area contributed by atoms with Crippen LogP contribution in [0.15, 0.2) is 24.3 Å². The normalized spacial score (nSPS) is 17.1. The van der Waals surface area contributed by atoms with Crippen molar-refractivity contribution in [2.24, 2.45) is 5.92 Å². The highest BCUT2D eigenvalue weighted by molar-refractivity contribution is 5.81. The predicted molar refractivity (Wildman–Crippen MR) is 82.3 cm³/mol. The average molecular weight is 291 g/mol. The molecule has 0 saturated heterocycles. The average Bonchev–Trinajstić information content (AvgIpc) is 3.28. The van der Waals surface area contributed by atoms with Gasteiger partial charge in [-0.1, -0.05) is 19.1 Å². The molecular formula is C17H25NO3. The van der Waals surface area contributed by atoms with Crippen LogP contribution >= 0.6 is 0 Å². The Morgan fingerprint density at radius 3 is 2.76 bits per heavy atom. The maximum atomic E-state index is 12.4. The molecule has 116 valence electrons. The molecule has 1 aliphatic rings. The molecule has 2 atom stereocenters. The van der Waals surface area contributed by atoms with Crippen molar-refractivity contribution >= 4 is 5.91 Å².